The molecule has 1 aliphatic carbocycles. The fourth-order valence-electron chi connectivity index (χ4n) is 1.47. The maximum Gasteiger partial charge on any atom is 0.0708 e. The van der Waals surface area contributed by atoms with Crippen LogP contribution in [0.5, 0.6) is 0 Å². The van der Waals surface area contributed by atoms with Crippen LogP contribution in [-0.4, -0.2) is 4.98 Å². The highest BCUT2D eigenvalue weighted by Gasteiger charge is 2.12. The first-order chi connectivity index (χ1) is 4.95. The van der Waals surface area contributed by atoms with Crippen LogP contribution in [0.4, 0.5) is 0 Å². The third kappa shape index (κ3) is 0.320. The first-order valence-corrected chi connectivity index (χ1v) is 3.34. The van der Waals surface area contributed by atoms with Crippen LogP contribution < -0.4 is 0 Å². The molecule has 0 radical (unpaired) electrons. The van der Waals surface area contributed by atoms with Gasteiger partial charge in [0.05, 0.1) is 5.52 Å². The predicted octanol–water partition coefficient (Wildman–Crippen LogP) is 2.22. The van der Waals surface area contributed by atoms with Crippen molar-refractivity contribution in [3.05, 3.63) is 30.5 Å². The summed E-state index contributed by atoms with van der Waals surface area (Å²) in [6.07, 6.45) is 1.93. The summed E-state index contributed by atoms with van der Waals surface area (Å²) in [6.45, 7) is 0. The Morgan fingerprint density at radius 2 is 2.20 bits per heavy atom. The summed E-state index contributed by atoms with van der Waals surface area (Å²) in [4.78, 5) is 4.24. The Morgan fingerprint density at radius 1 is 1.20 bits per heavy atom. The highest BCUT2D eigenvalue weighted by atomic mass is 14.7. The molecule has 46 valence electrons. The first kappa shape index (κ1) is 4.45. The number of hydrogen-bond donors (Lipinski definition) is 0. The molecule has 1 nitrogen and oxygen atoms in total. The number of benzene rings is 1. The van der Waals surface area contributed by atoms with E-state index in [0.29, 0.717) is 0 Å². The molecule has 10 heavy (non-hydrogen) atoms. The summed E-state index contributed by atoms with van der Waals surface area (Å²) >= 11 is 0. The van der Waals surface area contributed by atoms with Crippen LogP contribution in [0.3, 0.4) is 0 Å². The van der Waals surface area contributed by atoms with Crippen LogP contribution in [0, 0.1) is 0 Å². The van der Waals surface area contributed by atoms with Crippen molar-refractivity contribution < 1.29 is 0 Å². The van der Waals surface area contributed by atoms with Gasteiger partial charge in [0.25, 0.3) is 0 Å². The third-order valence-corrected chi connectivity index (χ3v) is 2.04. The molecule has 0 saturated heterocycles. The molecule has 0 aliphatic heterocycles. The van der Waals surface area contributed by atoms with Gasteiger partial charge in [-0.25, -0.2) is 0 Å². The van der Waals surface area contributed by atoms with Gasteiger partial charge in [-0.1, -0.05) is 12.1 Å². The molecule has 0 fully saturated rings. The topological polar surface area (TPSA) is 12.9 Å². The number of nitrogens with zero attached hydrogens (tertiary/aromatic N) is 1. The number of hydrogen-bond acceptors (Lipinski definition) is 1. The van der Waals surface area contributed by atoms with Crippen LogP contribution >= 0.6 is 0 Å². The molecule has 2 bridgehead atoms. The Morgan fingerprint density at radius 3 is 2.90 bits per heavy atom. The molecule has 0 atom stereocenters. The molecule has 1 aromatic carbocycles. The highest BCUT2D eigenvalue weighted by molar-refractivity contribution is 6.03. The number of fused-ring (bicyclic) bond motifs is 2. The van der Waals surface area contributed by atoms with E-state index >= 15 is 0 Å². The van der Waals surface area contributed by atoms with Crippen molar-refractivity contribution >= 4 is 10.9 Å². The predicted molar refractivity (Wildman–Crippen MR) is 40.7 cm³/mol. The van der Waals surface area contributed by atoms with E-state index in [1.165, 1.54) is 16.5 Å². The lowest BCUT2D eigenvalue weighted by atomic mass is 9.92. The van der Waals surface area contributed by atoms with Gasteiger partial charge in [0.2, 0.25) is 0 Å². The highest BCUT2D eigenvalue weighted by Crippen LogP contribution is 2.36. The lowest BCUT2D eigenvalue weighted by Gasteiger charge is -2.14. The second-order valence-electron chi connectivity index (χ2n) is 2.60. The van der Waals surface area contributed by atoms with Crippen LogP contribution in [-0.2, 0) is 0 Å². The van der Waals surface area contributed by atoms with Gasteiger partial charge in [0.1, 0.15) is 0 Å². The van der Waals surface area contributed by atoms with Gasteiger partial charge in [-0.2, -0.15) is 0 Å². The van der Waals surface area contributed by atoms with Gasteiger partial charge in [0.15, 0.2) is 0 Å². The van der Waals surface area contributed by atoms with E-state index in [0.717, 1.165) is 5.52 Å². The summed E-state index contributed by atoms with van der Waals surface area (Å²) in [5, 5.41) is 1.32. The van der Waals surface area contributed by atoms with Crippen LogP contribution in [0.25, 0.3) is 22.0 Å². The summed E-state index contributed by atoms with van der Waals surface area (Å²) in [6, 6.07) is 8.41. The van der Waals surface area contributed by atoms with E-state index in [9.17, 15) is 0 Å². The average Bonchev–Trinajstić information content (AvgIpc) is 1.96. The maximum atomic E-state index is 4.24. The zero-order valence-corrected chi connectivity index (χ0v) is 5.33. The standard InChI is InChI=1S/C9H5N/c1-2-7-6-4-8(7)9(3-1)10-5-6/h1-5H. The molecule has 0 saturated carbocycles. The van der Waals surface area contributed by atoms with Crippen molar-refractivity contribution in [3.63, 3.8) is 0 Å². The molecule has 0 amide bonds. The molecule has 1 heteroatoms. The van der Waals surface area contributed by atoms with Crippen molar-refractivity contribution in [2.45, 2.75) is 0 Å². The van der Waals surface area contributed by atoms with E-state index < -0.39 is 0 Å². The van der Waals surface area contributed by atoms with Crippen molar-refractivity contribution in [2.24, 2.45) is 0 Å². The van der Waals surface area contributed by atoms with Crippen LogP contribution in [0.1, 0.15) is 0 Å². The number of aromatic nitrogens is 1. The van der Waals surface area contributed by atoms with Gasteiger partial charge in [-0.15, -0.1) is 0 Å². The van der Waals surface area contributed by atoms with Crippen molar-refractivity contribution in [1.82, 2.24) is 4.98 Å². The molecule has 3 rings (SSSR count). The Bertz CT molecular complexity index is 406. The Hall–Kier alpha value is -1.37. The van der Waals surface area contributed by atoms with Gasteiger partial charge in [-0.05, 0) is 17.7 Å². The Kier molecular flexibility index (Phi) is 0.539. The zero-order valence-electron chi connectivity index (χ0n) is 5.33. The monoisotopic (exact) mass is 127 g/mol. The van der Waals surface area contributed by atoms with E-state index in [1.54, 1.807) is 0 Å². The van der Waals surface area contributed by atoms with Crippen LogP contribution in [0.2, 0.25) is 0 Å². The van der Waals surface area contributed by atoms with Crippen molar-refractivity contribution in [3.8, 4) is 11.1 Å². The molecule has 0 N–H and O–H groups in total. The molecule has 1 aliphatic rings. The normalized spacial score (nSPS) is 12.0. The number of pyridine rings is 2. The molecule has 2 aromatic rings. The molecule has 0 spiro atoms. The van der Waals surface area contributed by atoms with E-state index in [2.05, 4.69) is 23.2 Å². The summed E-state index contributed by atoms with van der Waals surface area (Å²) < 4.78 is 0. The van der Waals surface area contributed by atoms with Crippen molar-refractivity contribution in [1.29, 1.82) is 0 Å². The smallest absolute Gasteiger partial charge is 0.0708 e. The lowest BCUT2D eigenvalue weighted by Crippen LogP contribution is -1.92. The molecule has 1 heterocycles. The Balaban J connectivity index is 2.74. The molecule has 0 unspecified atom stereocenters. The SMILES string of the molecule is c1cc2c3cc-2cnc3c1. The quantitative estimate of drug-likeness (QED) is 0.451. The van der Waals surface area contributed by atoms with E-state index in [4.69, 9.17) is 0 Å². The Labute approximate surface area is 58.3 Å². The van der Waals surface area contributed by atoms with Crippen molar-refractivity contribution in [2.75, 3.05) is 0 Å². The van der Waals surface area contributed by atoms with Gasteiger partial charge in [-0.3, -0.25) is 4.98 Å². The lowest BCUT2D eigenvalue weighted by molar-refractivity contribution is 1.38. The third-order valence-electron chi connectivity index (χ3n) is 2.04. The minimum atomic E-state index is 1.12. The molecular weight excluding hydrogens is 122 g/mol. The summed E-state index contributed by atoms with van der Waals surface area (Å²) in [5.74, 6) is 0. The second-order valence-corrected chi connectivity index (χ2v) is 2.60. The van der Waals surface area contributed by atoms with Gasteiger partial charge < -0.3 is 0 Å². The van der Waals surface area contributed by atoms with E-state index in [1.807, 2.05) is 12.3 Å². The largest absolute Gasteiger partial charge is 0.256 e. The maximum absolute atomic E-state index is 4.24. The number of rotatable bonds is 0. The van der Waals surface area contributed by atoms with Gasteiger partial charge in [0, 0.05) is 17.1 Å². The second kappa shape index (κ2) is 1.21. The van der Waals surface area contributed by atoms with Gasteiger partial charge >= 0.3 is 0 Å². The van der Waals surface area contributed by atoms with E-state index in [-0.39, 0.29) is 0 Å². The average molecular weight is 127 g/mol. The zero-order chi connectivity index (χ0) is 6.55. The fraction of sp³-hybridized carbons (Fsp3) is 0. The fourth-order valence-corrected chi connectivity index (χ4v) is 1.47. The minimum absolute atomic E-state index is 1.12. The molecular formula is C9H5N. The summed E-state index contributed by atoms with van der Waals surface area (Å²) in [7, 11) is 0. The molecule has 1 aromatic heterocycles. The minimum Gasteiger partial charge on any atom is -0.256 e. The summed E-state index contributed by atoms with van der Waals surface area (Å²) in [5.41, 5.74) is 3.77. The van der Waals surface area contributed by atoms with Crippen LogP contribution in [0.15, 0.2) is 30.5 Å². The first-order valence-electron chi connectivity index (χ1n) is 3.34.